The lowest BCUT2D eigenvalue weighted by atomic mass is 10.0. The summed E-state index contributed by atoms with van der Waals surface area (Å²) in [7, 11) is 0. The molecular weight excluding hydrogens is 473 g/mol. The minimum absolute atomic E-state index is 0.0220. The number of amides is 1. The van der Waals surface area contributed by atoms with E-state index in [1.165, 1.54) is 18.2 Å². The Labute approximate surface area is 188 Å². The summed E-state index contributed by atoms with van der Waals surface area (Å²) in [6.45, 7) is 0. The molecule has 11 heteroatoms. The zero-order valence-corrected chi connectivity index (χ0v) is 17.5. The second-order valence-electron chi connectivity index (χ2n) is 7.06. The molecule has 1 N–H and O–H groups in total. The lowest BCUT2D eigenvalue weighted by Gasteiger charge is -2.30. The van der Waals surface area contributed by atoms with Crippen LogP contribution in [0, 0.1) is 0 Å². The average molecular weight is 486 g/mol. The van der Waals surface area contributed by atoms with E-state index >= 15 is 0 Å². The van der Waals surface area contributed by atoms with Crippen molar-refractivity contribution in [1.82, 2.24) is 9.99 Å². The normalized spacial score (nSPS) is 18.7. The van der Waals surface area contributed by atoms with Crippen LogP contribution in [0.4, 0.5) is 17.6 Å². The van der Waals surface area contributed by atoms with Gasteiger partial charge in [0.1, 0.15) is 5.71 Å². The van der Waals surface area contributed by atoms with Crippen LogP contribution >= 0.6 is 23.2 Å². The van der Waals surface area contributed by atoms with Crippen molar-refractivity contribution in [2.45, 2.75) is 25.0 Å². The predicted molar refractivity (Wildman–Crippen MR) is 112 cm³/mol. The number of halogens is 6. The Balaban J connectivity index is 1.90. The molecule has 0 radical (unpaired) electrons. The summed E-state index contributed by atoms with van der Waals surface area (Å²) >= 11 is 12.2. The number of alkyl halides is 4. The Hall–Kier alpha value is -2.75. The number of hydrogen-bond acceptors (Lipinski definition) is 4. The molecule has 0 spiro atoms. The summed E-state index contributed by atoms with van der Waals surface area (Å²) in [5.41, 5.74) is -3.46. The lowest BCUT2D eigenvalue weighted by molar-refractivity contribution is -0.164. The average Bonchev–Trinajstić information content (AvgIpc) is 3.12. The molecule has 5 nitrogen and oxygen atoms in total. The first-order chi connectivity index (χ1) is 15.1. The van der Waals surface area contributed by atoms with Crippen molar-refractivity contribution < 1.29 is 27.5 Å². The minimum atomic E-state index is -3.54. The van der Waals surface area contributed by atoms with Gasteiger partial charge < -0.3 is 5.11 Å². The highest BCUT2D eigenvalue weighted by Crippen LogP contribution is 2.37. The van der Waals surface area contributed by atoms with Gasteiger partial charge >= 0.3 is 0 Å². The third-order valence-electron chi connectivity index (χ3n) is 4.98. The fraction of sp³-hybridized carbons (Fsp3) is 0.190. The van der Waals surface area contributed by atoms with Crippen LogP contribution in [0.3, 0.4) is 0 Å². The highest BCUT2D eigenvalue weighted by Gasteiger charge is 2.53. The summed E-state index contributed by atoms with van der Waals surface area (Å²) in [5, 5.41) is 14.6. The van der Waals surface area contributed by atoms with E-state index in [4.69, 9.17) is 23.2 Å². The molecule has 1 aliphatic rings. The second kappa shape index (κ2) is 8.31. The molecule has 0 saturated carbocycles. The van der Waals surface area contributed by atoms with Crippen LogP contribution in [0.1, 0.15) is 16.8 Å². The SMILES string of the molecule is O=C(c1cc(-c2ccc(Cl)cc2Cl)nc2ccccc12)N1N=C(C(F)F)C[C@@]1(O)C(F)F. The Kier molecular flexibility index (Phi) is 5.83. The highest BCUT2D eigenvalue weighted by atomic mass is 35.5. The number of benzene rings is 2. The molecule has 2 heterocycles. The summed E-state index contributed by atoms with van der Waals surface area (Å²) in [5.74, 6) is -1.19. The predicted octanol–water partition coefficient (Wildman–Crippen LogP) is 5.63. The number of aromatic nitrogens is 1. The Morgan fingerprint density at radius 2 is 1.81 bits per heavy atom. The van der Waals surface area contributed by atoms with Gasteiger partial charge in [-0.25, -0.2) is 22.5 Å². The van der Waals surface area contributed by atoms with E-state index in [1.54, 1.807) is 30.3 Å². The number of hydrogen-bond donors (Lipinski definition) is 1. The van der Waals surface area contributed by atoms with Crippen molar-refractivity contribution in [3.05, 3.63) is 64.1 Å². The van der Waals surface area contributed by atoms with Crippen molar-refractivity contribution in [1.29, 1.82) is 0 Å². The van der Waals surface area contributed by atoms with Gasteiger partial charge in [-0.2, -0.15) is 10.1 Å². The van der Waals surface area contributed by atoms with Gasteiger partial charge in [0.05, 0.1) is 21.8 Å². The van der Waals surface area contributed by atoms with Gasteiger partial charge in [0, 0.05) is 22.4 Å². The fourth-order valence-electron chi connectivity index (χ4n) is 3.41. The summed E-state index contributed by atoms with van der Waals surface area (Å²) < 4.78 is 53.5. The van der Waals surface area contributed by atoms with Crippen molar-refractivity contribution in [2.75, 3.05) is 0 Å². The van der Waals surface area contributed by atoms with Gasteiger partial charge in [-0.15, -0.1) is 0 Å². The molecular formula is C21H13Cl2F4N3O2. The van der Waals surface area contributed by atoms with Crippen LogP contribution in [0.2, 0.25) is 10.0 Å². The number of hydrazone groups is 1. The van der Waals surface area contributed by atoms with Crippen molar-refractivity contribution >= 4 is 45.7 Å². The molecule has 0 fully saturated rings. The monoisotopic (exact) mass is 485 g/mol. The summed E-state index contributed by atoms with van der Waals surface area (Å²) in [6, 6.07) is 12.2. The van der Waals surface area contributed by atoms with Crippen molar-refractivity contribution in [2.24, 2.45) is 5.10 Å². The maximum absolute atomic E-state index is 13.6. The fourth-order valence-corrected chi connectivity index (χ4v) is 3.91. The molecule has 2 aromatic carbocycles. The number of carbonyl (C=O) groups is 1. The Morgan fingerprint density at radius 1 is 1.09 bits per heavy atom. The van der Waals surface area contributed by atoms with Gasteiger partial charge in [0.25, 0.3) is 18.8 Å². The summed E-state index contributed by atoms with van der Waals surface area (Å²) in [4.78, 5) is 17.7. The molecule has 1 aromatic heterocycles. The highest BCUT2D eigenvalue weighted by molar-refractivity contribution is 6.36. The number of fused-ring (bicyclic) bond motifs is 1. The largest absolute Gasteiger partial charge is 0.364 e. The van der Waals surface area contributed by atoms with Crippen LogP contribution in [0.25, 0.3) is 22.2 Å². The standard InChI is InChI=1S/C21H13Cl2F4N3O2/c22-10-5-6-12(14(23)7-10)16-8-13(11-3-1-2-4-15(11)28-16)19(31)30-21(32,20(26)27)9-17(29-30)18(24)25/h1-8,18,20,32H,9H2/t21-/m1/s1. The lowest BCUT2D eigenvalue weighted by Crippen LogP contribution is -2.51. The molecule has 0 aliphatic carbocycles. The van der Waals surface area contributed by atoms with Crippen LogP contribution < -0.4 is 0 Å². The zero-order valence-electron chi connectivity index (χ0n) is 15.9. The molecule has 0 saturated heterocycles. The molecule has 0 unspecified atom stereocenters. The number of rotatable bonds is 4. The molecule has 1 atom stereocenters. The topological polar surface area (TPSA) is 65.8 Å². The minimum Gasteiger partial charge on any atom is -0.364 e. The van der Waals surface area contributed by atoms with Gasteiger partial charge in [-0.1, -0.05) is 41.4 Å². The Bertz CT molecular complexity index is 1250. The second-order valence-corrected chi connectivity index (χ2v) is 7.91. The van der Waals surface area contributed by atoms with E-state index in [0.717, 1.165) is 0 Å². The number of aliphatic hydroxyl groups is 1. The molecule has 166 valence electrons. The molecule has 4 rings (SSSR count). The number of pyridine rings is 1. The zero-order chi connectivity index (χ0) is 23.2. The van der Waals surface area contributed by atoms with Crippen molar-refractivity contribution in [3.8, 4) is 11.3 Å². The van der Waals surface area contributed by atoms with E-state index in [2.05, 4.69) is 10.1 Å². The van der Waals surface area contributed by atoms with Crippen LogP contribution in [-0.4, -0.2) is 45.3 Å². The van der Waals surface area contributed by atoms with Gasteiger partial charge in [-0.3, -0.25) is 4.79 Å². The molecule has 3 aromatic rings. The van der Waals surface area contributed by atoms with Gasteiger partial charge in [0.2, 0.25) is 5.72 Å². The Morgan fingerprint density at radius 3 is 2.47 bits per heavy atom. The maximum Gasteiger partial charge on any atom is 0.287 e. The van der Waals surface area contributed by atoms with E-state index in [9.17, 15) is 27.5 Å². The third kappa shape index (κ3) is 3.80. The van der Waals surface area contributed by atoms with E-state index in [0.29, 0.717) is 16.1 Å². The van der Waals surface area contributed by atoms with Crippen LogP contribution in [0.15, 0.2) is 53.6 Å². The first-order valence-electron chi connectivity index (χ1n) is 9.17. The molecule has 32 heavy (non-hydrogen) atoms. The molecule has 1 aliphatic heterocycles. The first-order valence-corrected chi connectivity index (χ1v) is 9.93. The van der Waals surface area contributed by atoms with Gasteiger partial charge in [-0.05, 0) is 30.3 Å². The van der Waals surface area contributed by atoms with Gasteiger partial charge in [0.15, 0.2) is 0 Å². The number of para-hydroxylation sites is 1. The third-order valence-corrected chi connectivity index (χ3v) is 5.53. The van der Waals surface area contributed by atoms with E-state index < -0.39 is 36.6 Å². The smallest absolute Gasteiger partial charge is 0.287 e. The number of nitrogens with zero attached hydrogens (tertiary/aromatic N) is 3. The van der Waals surface area contributed by atoms with E-state index in [1.807, 2.05) is 0 Å². The number of carbonyl (C=O) groups excluding carboxylic acids is 1. The van der Waals surface area contributed by atoms with Crippen LogP contribution in [0.5, 0.6) is 0 Å². The summed E-state index contributed by atoms with van der Waals surface area (Å²) in [6.07, 6.45) is -7.92. The van der Waals surface area contributed by atoms with Crippen LogP contribution in [-0.2, 0) is 0 Å². The van der Waals surface area contributed by atoms with Crippen molar-refractivity contribution in [3.63, 3.8) is 0 Å². The molecule has 0 bridgehead atoms. The quantitative estimate of drug-likeness (QED) is 0.487. The maximum atomic E-state index is 13.6. The molecule has 1 amide bonds. The first kappa shape index (κ1) is 22.4. The van der Waals surface area contributed by atoms with E-state index in [-0.39, 0.29) is 26.7 Å².